The fraction of sp³-hybridized carbons (Fsp3) is 0.562. The summed E-state index contributed by atoms with van der Waals surface area (Å²) in [5, 5.41) is -0.159. The van der Waals surface area contributed by atoms with E-state index in [0.717, 1.165) is 36.3 Å². The number of hydrogen-bond acceptors (Lipinski definition) is 4. The lowest BCUT2D eigenvalue weighted by Crippen LogP contribution is -2.49. The average molecular weight is 392 g/mol. The van der Waals surface area contributed by atoms with E-state index in [1.807, 2.05) is 0 Å². The molecule has 0 spiro atoms. The van der Waals surface area contributed by atoms with Crippen LogP contribution in [0.3, 0.4) is 0 Å². The van der Waals surface area contributed by atoms with Gasteiger partial charge in [-0.2, -0.15) is 0 Å². The zero-order chi connectivity index (χ0) is 18.6. The Bertz CT molecular complexity index is 721. The summed E-state index contributed by atoms with van der Waals surface area (Å²) in [4.78, 5) is 16.4. The van der Waals surface area contributed by atoms with Crippen LogP contribution in [0, 0.1) is 5.82 Å². The zero-order valence-corrected chi connectivity index (χ0v) is 16.0. The normalized spacial score (nSPS) is 16.1. The molecule has 1 amide bonds. The van der Waals surface area contributed by atoms with Crippen LogP contribution < -0.4 is 4.31 Å². The van der Waals surface area contributed by atoms with Crippen molar-refractivity contribution in [1.82, 2.24) is 9.80 Å². The minimum absolute atomic E-state index is 0.00633. The van der Waals surface area contributed by atoms with Crippen LogP contribution in [0.1, 0.15) is 13.3 Å². The number of anilines is 1. The summed E-state index contributed by atoms with van der Waals surface area (Å²) in [5.41, 5.74) is 0.248. The van der Waals surface area contributed by atoms with Crippen molar-refractivity contribution in [2.24, 2.45) is 0 Å². The molecule has 1 aromatic rings. The Morgan fingerprint density at radius 2 is 1.92 bits per heavy atom. The minimum atomic E-state index is -3.61. The van der Waals surface area contributed by atoms with Crippen LogP contribution in [0.2, 0.25) is 5.02 Å². The summed E-state index contributed by atoms with van der Waals surface area (Å²) in [6.07, 6.45) is 1.11. The molecule has 25 heavy (non-hydrogen) atoms. The molecule has 9 heteroatoms. The molecule has 1 aliphatic rings. The summed E-state index contributed by atoms with van der Waals surface area (Å²) in [7, 11) is -3.61. The predicted molar refractivity (Wildman–Crippen MR) is 96.9 cm³/mol. The number of carbonyl (C=O) groups excluding carboxylic acids is 1. The molecule has 1 aliphatic heterocycles. The number of benzene rings is 1. The third kappa shape index (κ3) is 5.29. The lowest BCUT2D eigenvalue weighted by molar-refractivity contribution is -0.132. The fourth-order valence-corrected chi connectivity index (χ4v) is 3.89. The van der Waals surface area contributed by atoms with Crippen molar-refractivity contribution in [2.45, 2.75) is 13.3 Å². The summed E-state index contributed by atoms with van der Waals surface area (Å²) in [6, 6.07) is 3.71. The van der Waals surface area contributed by atoms with Crippen molar-refractivity contribution < 1.29 is 17.6 Å². The van der Waals surface area contributed by atoms with E-state index >= 15 is 0 Å². The highest BCUT2D eigenvalue weighted by atomic mass is 35.5. The molecule has 1 fully saturated rings. The van der Waals surface area contributed by atoms with Crippen LogP contribution in [-0.2, 0) is 14.8 Å². The van der Waals surface area contributed by atoms with Gasteiger partial charge in [-0.15, -0.1) is 0 Å². The van der Waals surface area contributed by atoms with Crippen LogP contribution in [0.4, 0.5) is 10.1 Å². The highest BCUT2D eigenvalue weighted by Gasteiger charge is 2.23. The van der Waals surface area contributed by atoms with E-state index in [1.54, 1.807) is 4.90 Å². The van der Waals surface area contributed by atoms with Gasteiger partial charge in [-0.1, -0.05) is 18.5 Å². The topological polar surface area (TPSA) is 60.9 Å². The zero-order valence-electron chi connectivity index (χ0n) is 14.4. The van der Waals surface area contributed by atoms with Crippen molar-refractivity contribution in [3.63, 3.8) is 0 Å². The number of halogens is 2. The second kappa shape index (κ2) is 8.33. The minimum Gasteiger partial charge on any atom is -0.340 e. The molecule has 0 aliphatic carbocycles. The van der Waals surface area contributed by atoms with Gasteiger partial charge in [0.15, 0.2) is 0 Å². The van der Waals surface area contributed by atoms with Gasteiger partial charge in [-0.3, -0.25) is 9.10 Å². The molecule has 0 aromatic heterocycles. The van der Waals surface area contributed by atoms with Crippen molar-refractivity contribution in [1.29, 1.82) is 0 Å². The van der Waals surface area contributed by atoms with E-state index in [2.05, 4.69) is 11.8 Å². The van der Waals surface area contributed by atoms with E-state index in [-0.39, 0.29) is 29.6 Å². The van der Waals surface area contributed by atoms with Gasteiger partial charge < -0.3 is 9.80 Å². The maximum atomic E-state index is 13.3. The first-order chi connectivity index (χ1) is 11.7. The molecule has 0 unspecified atom stereocenters. The number of likely N-dealkylation sites (N-methyl/N-ethyl adjacent to an activating group) is 1. The van der Waals surface area contributed by atoms with E-state index in [0.29, 0.717) is 13.1 Å². The Labute approximate surface area is 153 Å². The molecule has 0 N–H and O–H groups in total. The van der Waals surface area contributed by atoms with Crippen molar-refractivity contribution >= 4 is 33.2 Å². The molecule has 0 atom stereocenters. The van der Waals surface area contributed by atoms with Crippen molar-refractivity contribution in [3.8, 4) is 0 Å². The van der Waals surface area contributed by atoms with Gasteiger partial charge in [0, 0.05) is 39.1 Å². The Morgan fingerprint density at radius 1 is 1.28 bits per heavy atom. The number of piperazine rings is 1. The SMILES string of the molecule is CCN1CCN(C(=O)CCN(c2ccc(F)c(Cl)c2)S(C)(=O)=O)CC1. The van der Waals surface area contributed by atoms with E-state index in [1.165, 1.54) is 12.1 Å². The highest BCUT2D eigenvalue weighted by molar-refractivity contribution is 7.92. The van der Waals surface area contributed by atoms with Crippen molar-refractivity contribution in [2.75, 3.05) is 49.8 Å². The first-order valence-corrected chi connectivity index (χ1v) is 10.4. The molecular weight excluding hydrogens is 369 g/mol. The molecule has 6 nitrogen and oxygen atoms in total. The van der Waals surface area contributed by atoms with Gasteiger partial charge in [-0.05, 0) is 24.7 Å². The molecule has 1 aromatic carbocycles. The van der Waals surface area contributed by atoms with Crippen LogP contribution in [0.5, 0.6) is 0 Å². The standard InChI is InChI=1S/C16H23ClFN3O3S/c1-3-19-8-10-20(11-9-19)16(22)6-7-21(25(2,23)24)13-4-5-15(18)14(17)12-13/h4-5,12H,3,6-11H2,1-2H3. The lowest BCUT2D eigenvalue weighted by Gasteiger charge is -2.34. The summed E-state index contributed by atoms with van der Waals surface area (Å²) >= 11 is 5.74. The van der Waals surface area contributed by atoms with Gasteiger partial charge in [0.25, 0.3) is 0 Å². The molecule has 2 rings (SSSR count). The largest absolute Gasteiger partial charge is 0.340 e. The number of nitrogens with zero attached hydrogens (tertiary/aromatic N) is 3. The Balaban J connectivity index is 2.03. The van der Waals surface area contributed by atoms with Crippen LogP contribution >= 0.6 is 11.6 Å². The molecule has 0 saturated carbocycles. The van der Waals surface area contributed by atoms with Crippen LogP contribution in [0.15, 0.2) is 18.2 Å². The number of rotatable bonds is 6. The molecule has 0 radical (unpaired) electrons. The average Bonchev–Trinajstić information content (AvgIpc) is 2.57. The number of hydrogen-bond donors (Lipinski definition) is 0. The monoisotopic (exact) mass is 391 g/mol. The van der Waals surface area contributed by atoms with Gasteiger partial charge >= 0.3 is 0 Å². The molecule has 1 saturated heterocycles. The molecule has 0 bridgehead atoms. The number of amides is 1. The summed E-state index contributed by atoms with van der Waals surface area (Å²) in [6.45, 7) is 5.97. The van der Waals surface area contributed by atoms with Gasteiger partial charge in [0.1, 0.15) is 5.82 Å². The first-order valence-electron chi connectivity index (χ1n) is 8.15. The van der Waals surface area contributed by atoms with Crippen LogP contribution in [0.25, 0.3) is 0 Å². The Kier molecular flexibility index (Phi) is 6.65. The second-order valence-corrected chi connectivity index (χ2v) is 8.31. The number of sulfonamides is 1. The van der Waals surface area contributed by atoms with E-state index < -0.39 is 15.8 Å². The lowest BCUT2D eigenvalue weighted by atomic mass is 10.2. The van der Waals surface area contributed by atoms with Crippen LogP contribution in [-0.4, -0.2) is 69.6 Å². The highest BCUT2D eigenvalue weighted by Crippen LogP contribution is 2.24. The molecule has 140 valence electrons. The molecule has 1 heterocycles. The maximum absolute atomic E-state index is 13.3. The smallest absolute Gasteiger partial charge is 0.232 e. The van der Waals surface area contributed by atoms with E-state index in [4.69, 9.17) is 11.6 Å². The fourth-order valence-electron chi connectivity index (χ4n) is 2.80. The van der Waals surface area contributed by atoms with Crippen molar-refractivity contribution in [3.05, 3.63) is 29.0 Å². The maximum Gasteiger partial charge on any atom is 0.232 e. The Hall–Kier alpha value is -1.38. The Morgan fingerprint density at radius 3 is 2.44 bits per heavy atom. The predicted octanol–water partition coefficient (Wildman–Crippen LogP) is 1.80. The molecular formula is C16H23ClFN3O3S. The summed E-state index contributed by atoms with van der Waals surface area (Å²) in [5.74, 6) is -0.707. The third-order valence-electron chi connectivity index (χ3n) is 4.29. The van der Waals surface area contributed by atoms with Gasteiger partial charge in [-0.25, -0.2) is 12.8 Å². The first kappa shape index (κ1) is 19.9. The summed E-state index contributed by atoms with van der Waals surface area (Å²) < 4.78 is 38.5. The second-order valence-electron chi connectivity index (χ2n) is 6.00. The number of carbonyl (C=O) groups is 1. The van der Waals surface area contributed by atoms with Gasteiger partial charge in [0.05, 0.1) is 17.0 Å². The van der Waals surface area contributed by atoms with E-state index in [9.17, 15) is 17.6 Å². The quantitative estimate of drug-likeness (QED) is 0.741. The third-order valence-corrected chi connectivity index (χ3v) is 5.78. The van der Waals surface area contributed by atoms with Gasteiger partial charge in [0.2, 0.25) is 15.9 Å².